The third-order valence-corrected chi connectivity index (χ3v) is 3.82. The maximum absolute atomic E-state index is 13.2. The van der Waals surface area contributed by atoms with Crippen LogP contribution in [0.25, 0.3) is 0 Å². The quantitative estimate of drug-likeness (QED) is 0.867. The molecule has 2 rings (SSSR count). The number of ether oxygens (including phenoxy) is 1. The van der Waals surface area contributed by atoms with Gasteiger partial charge in [0.1, 0.15) is 5.82 Å². The molecule has 0 aliphatic carbocycles. The first kappa shape index (κ1) is 13.5. The third-order valence-electron chi connectivity index (χ3n) is 3.82. The van der Waals surface area contributed by atoms with Crippen molar-refractivity contribution in [2.24, 2.45) is 5.92 Å². The number of benzene rings is 1. The van der Waals surface area contributed by atoms with Crippen LogP contribution in [0.15, 0.2) is 24.3 Å². The van der Waals surface area contributed by atoms with Gasteiger partial charge in [-0.1, -0.05) is 19.1 Å². The molecule has 1 heterocycles. The molecule has 1 aliphatic rings. The van der Waals surface area contributed by atoms with Gasteiger partial charge in [-0.15, -0.1) is 0 Å². The van der Waals surface area contributed by atoms with Gasteiger partial charge >= 0.3 is 0 Å². The Morgan fingerprint density at radius 1 is 1.50 bits per heavy atom. The van der Waals surface area contributed by atoms with E-state index < -0.39 is 0 Å². The highest BCUT2D eigenvalue weighted by molar-refractivity contribution is 5.20. The molecule has 1 aliphatic heterocycles. The standard InChI is InChI=1S/C15H22FNO/c1-3-15(12-5-4-6-14(16)9-12)17-10-13-7-8-18-11(13)2/h4-6,9,11,13,15,17H,3,7-8,10H2,1-2H3. The predicted octanol–water partition coefficient (Wildman–Crippen LogP) is 3.29. The van der Waals surface area contributed by atoms with Crippen molar-refractivity contribution >= 4 is 0 Å². The predicted molar refractivity (Wildman–Crippen MR) is 71.0 cm³/mol. The Balaban J connectivity index is 1.93. The van der Waals surface area contributed by atoms with Gasteiger partial charge in [-0.25, -0.2) is 4.39 Å². The summed E-state index contributed by atoms with van der Waals surface area (Å²) in [6.45, 7) is 6.06. The molecule has 0 radical (unpaired) electrons. The maximum atomic E-state index is 13.2. The summed E-state index contributed by atoms with van der Waals surface area (Å²) in [6.07, 6.45) is 2.42. The zero-order chi connectivity index (χ0) is 13.0. The lowest BCUT2D eigenvalue weighted by molar-refractivity contribution is 0.105. The molecule has 0 amide bonds. The fourth-order valence-electron chi connectivity index (χ4n) is 2.56. The van der Waals surface area contributed by atoms with Gasteiger partial charge in [-0.05, 0) is 43.4 Å². The van der Waals surface area contributed by atoms with E-state index in [0.717, 1.165) is 31.6 Å². The van der Waals surface area contributed by atoms with Crippen LogP contribution in [0.2, 0.25) is 0 Å². The van der Waals surface area contributed by atoms with Crippen molar-refractivity contribution < 1.29 is 9.13 Å². The fourth-order valence-corrected chi connectivity index (χ4v) is 2.56. The second-order valence-corrected chi connectivity index (χ2v) is 5.05. The minimum Gasteiger partial charge on any atom is -0.378 e. The van der Waals surface area contributed by atoms with Crippen molar-refractivity contribution in [2.45, 2.75) is 38.8 Å². The molecule has 1 fully saturated rings. The lowest BCUT2D eigenvalue weighted by Crippen LogP contribution is -2.30. The summed E-state index contributed by atoms with van der Waals surface area (Å²) in [5.74, 6) is 0.415. The van der Waals surface area contributed by atoms with Crippen molar-refractivity contribution in [1.29, 1.82) is 0 Å². The van der Waals surface area contributed by atoms with Crippen LogP contribution in [0, 0.1) is 11.7 Å². The molecule has 0 bridgehead atoms. The minimum atomic E-state index is -0.162. The molecule has 100 valence electrons. The van der Waals surface area contributed by atoms with Crippen molar-refractivity contribution in [3.05, 3.63) is 35.6 Å². The van der Waals surface area contributed by atoms with E-state index in [1.54, 1.807) is 12.1 Å². The Labute approximate surface area is 109 Å². The highest BCUT2D eigenvalue weighted by Crippen LogP contribution is 2.22. The van der Waals surface area contributed by atoms with E-state index in [1.807, 2.05) is 6.07 Å². The highest BCUT2D eigenvalue weighted by atomic mass is 19.1. The molecule has 0 spiro atoms. The number of nitrogens with one attached hydrogen (secondary N) is 1. The van der Waals surface area contributed by atoms with Crippen molar-refractivity contribution in [3.8, 4) is 0 Å². The molecule has 1 saturated heterocycles. The van der Waals surface area contributed by atoms with Crippen LogP contribution in [0.5, 0.6) is 0 Å². The van der Waals surface area contributed by atoms with Gasteiger partial charge in [-0.3, -0.25) is 0 Å². The van der Waals surface area contributed by atoms with Crippen molar-refractivity contribution in [1.82, 2.24) is 5.32 Å². The molecule has 0 aromatic heterocycles. The Morgan fingerprint density at radius 2 is 2.33 bits per heavy atom. The molecule has 3 unspecified atom stereocenters. The zero-order valence-corrected chi connectivity index (χ0v) is 11.2. The Hall–Kier alpha value is -0.930. The minimum absolute atomic E-state index is 0.162. The van der Waals surface area contributed by atoms with E-state index in [-0.39, 0.29) is 11.9 Å². The van der Waals surface area contributed by atoms with E-state index in [9.17, 15) is 4.39 Å². The van der Waals surface area contributed by atoms with Crippen LogP contribution >= 0.6 is 0 Å². The second kappa shape index (κ2) is 6.30. The highest BCUT2D eigenvalue weighted by Gasteiger charge is 2.24. The first-order chi connectivity index (χ1) is 8.70. The average molecular weight is 251 g/mol. The summed E-state index contributed by atoms with van der Waals surface area (Å²) >= 11 is 0. The van der Waals surface area contributed by atoms with Gasteiger partial charge in [-0.2, -0.15) is 0 Å². The topological polar surface area (TPSA) is 21.3 Å². The van der Waals surface area contributed by atoms with Crippen molar-refractivity contribution in [2.75, 3.05) is 13.2 Å². The summed E-state index contributed by atoms with van der Waals surface area (Å²) in [6, 6.07) is 7.10. The van der Waals surface area contributed by atoms with E-state index in [4.69, 9.17) is 4.74 Å². The van der Waals surface area contributed by atoms with Gasteiger partial charge < -0.3 is 10.1 Å². The van der Waals surface area contributed by atoms with E-state index in [2.05, 4.69) is 19.2 Å². The molecule has 18 heavy (non-hydrogen) atoms. The number of rotatable bonds is 5. The molecule has 0 saturated carbocycles. The SMILES string of the molecule is CCC(NCC1CCOC1C)c1cccc(F)c1. The summed E-state index contributed by atoms with van der Waals surface area (Å²) in [5.41, 5.74) is 1.03. The summed E-state index contributed by atoms with van der Waals surface area (Å²) in [4.78, 5) is 0. The molecule has 1 N–H and O–H groups in total. The average Bonchev–Trinajstić information content (AvgIpc) is 2.76. The summed E-state index contributed by atoms with van der Waals surface area (Å²) < 4.78 is 18.8. The van der Waals surface area contributed by atoms with Gasteiger partial charge in [0, 0.05) is 19.2 Å². The Kier molecular flexibility index (Phi) is 4.72. The van der Waals surface area contributed by atoms with Crippen LogP contribution in [-0.4, -0.2) is 19.3 Å². The fraction of sp³-hybridized carbons (Fsp3) is 0.600. The molecular weight excluding hydrogens is 229 g/mol. The Morgan fingerprint density at radius 3 is 2.94 bits per heavy atom. The smallest absolute Gasteiger partial charge is 0.123 e. The number of hydrogen-bond acceptors (Lipinski definition) is 2. The van der Waals surface area contributed by atoms with Crippen LogP contribution in [0.1, 0.15) is 38.3 Å². The number of halogens is 1. The number of hydrogen-bond donors (Lipinski definition) is 1. The van der Waals surface area contributed by atoms with E-state index in [1.165, 1.54) is 6.07 Å². The molecule has 1 aromatic carbocycles. The molecule has 3 heteroatoms. The largest absolute Gasteiger partial charge is 0.378 e. The van der Waals surface area contributed by atoms with Crippen LogP contribution < -0.4 is 5.32 Å². The lowest BCUT2D eigenvalue weighted by Gasteiger charge is -2.21. The lowest BCUT2D eigenvalue weighted by atomic mass is 10.00. The van der Waals surface area contributed by atoms with Crippen LogP contribution in [0.4, 0.5) is 4.39 Å². The van der Waals surface area contributed by atoms with Gasteiger partial charge in [0.25, 0.3) is 0 Å². The first-order valence-corrected chi connectivity index (χ1v) is 6.81. The normalized spacial score (nSPS) is 25.3. The summed E-state index contributed by atoms with van der Waals surface area (Å²) in [7, 11) is 0. The zero-order valence-electron chi connectivity index (χ0n) is 11.2. The molecule has 3 atom stereocenters. The Bertz CT molecular complexity index is 383. The van der Waals surface area contributed by atoms with Crippen LogP contribution in [0.3, 0.4) is 0 Å². The molecule has 1 aromatic rings. The second-order valence-electron chi connectivity index (χ2n) is 5.05. The first-order valence-electron chi connectivity index (χ1n) is 6.81. The van der Waals surface area contributed by atoms with Gasteiger partial charge in [0.2, 0.25) is 0 Å². The van der Waals surface area contributed by atoms with E-state index in [0.29, 0.717) is 12.0 Å². The van der Waals surface area contributed by atoms with Crippen LogP contribution in [-0.2, 0) is 4.74 Å². The van der Waals surface area contributed by atoms with Crippen molar-refractivity contribution in [3.63, 3.8) is 0 Å². The maximum Gasteiger partial charge on any atom is 0.123 e. The third kappa shape index (κ3) is 3.30. The molecule has 2 nitrogen and oxygen atoms in total. The van der Waals surface area contributed by atoms with Gasteiger partial charge in [0.05, 0.1) is 6.10 Å². The molecular formula is C15H22FNO. The van der Waals surface area contributed by atoms with E-state index >= 15 is 0 Å². The monoisotopic (exact) mass is 251 g/mol. The summed E-state index contributed by atoms with van der Waals surface area (Å²) in [5, 5.41) is 3.54. The van der Waals surface area contributed by atoms with Gasteiger partial charge in [0.15, 0.2) is 0 Å².